The largest absolute Gasteiger partial charge is 0.354 e. The van der Waals surface area contributed by atoms with Crippen molar-refractivity contribution in [2.24, 2.45) is 21.1 Å². The van der Waals surface area contributed by atoms with Gasteiger partial charge in [0.15, 0.2) is 0 Å². The fraction of sp³-hybridized carbons (Fsp3) is 0.172. The van der Waals surface area contributed by atoms with E-state index in [1.54, 1.807) is 0 Å². The van der Waals surface area contributed by atoms with Crippen molar-refractivity contribution in [2.45, 2.75) is 11.8 Å². The Kier molecular flexibility index (Phi) is 5.32. The molecule has 0 aliphatic rings. The van der Waals surface area contributed by atoms with Gasteiger partial charge in [-0.1, -0.05) is 60.7 Å². The fourth-order valence-electron chi connectivity index (χ4n) is 4.95. The molecule has 160 valence electrons. The lowest BCUT2D eigenvalue weighted by molar-refractivity contribution is 0.687. The second kappa shape index (κ2) is 8.43. The molecule has 0 spiro atoms. The van der Waals surface area contributed by atoms with Crippen LogP contribution in [-0.2, 0) is 21.1 Å². The van der Waals surface area contributed by atoms with Gasteiger partial charge < -0.3 is 13.7 Å². The maximum Gasteiger partial charge on any atom is 0.0645 e. The minimum Gasteiger partial charge on any atom is -0.354 e. The molecule has 5 rings (SSSR count). The number of aryl methyl sites for hydroxylation is 2. The zero-order valence-corrected chi connectivity index (χ0v) is 18.9. The Balaban J connectivity index is 1.68. The number of rotatable bonds is 6. The molecule has 0 saturated carbocycles. The highest BCUT2D eigenvalue weighted by atomic mass is 15.0. The van der Waals surface area contributed by atoms with Gasteiger partial charge in [0.05, 0.1) is 11.8 Å². The second-order valence-electron chi connectivity index (χ2n) is 8.52. The van der Waals surface area contributed by atoms with Crippen LogP contribution in [0.25, 0.3) is 0 Å². The Hall–Kier alpha value is -3.72. The lowest BCUT2D eigenvalue weighted by Crippen LogP contribution is -2.16. The van der Waals surface area contributed by atoms with Crippen molar-refractivity contribution in [2.75, 3.05) is 0 Å². The fourth-order valence-corrected chi connectivity index (χ4v) is 4.95. The third-order valence-corrected chi connectivity index (χ3v) is 6.62. The summed E-state index contributed by atoms with van der Waals surface area (Å²) in [4.78, 5) is 0. The summed E-state index contributed by atoms with van der Waals surface area (Å²) in [5, 5.41) is 0. The van der Waals surface area contributed by atoms with E-state index < -0.39 is 0 Å². The molecule has 2 aromatic carbocycles. The summed E-state index contributed by atoms with van der Waals surface area (Å²) in [5.41, 5.74) is 7.78. The SMILES string of the molecule is Cn1cccc1C(c1ccccc1)c1ccc(C(c2ccccc2)c2cccn2C)n1C. The van der Waals surface area contributed by atoms with Crippen molar-refractivity contribution in [3.05, 3.63) is 143 Å². The highest BCUT2D eigenvalue weighted by Crippen LogP contribution is 2.37. The molecule has 3 nitrogen and oxygen atoms in total. The van der Waals surface area contributed by atoms with Crippen LogP contribution in [0.1, 0.15) is 45.7 Å². The summed E-state index contributed by atoms with van der Waals surface area (Å²) in [5.74, 6) is 0.333. The Labute approximate surface area is 190 Å². The van der Waals surface area contributed by atoms with Crippen LogP contribution < -0.4 is 0 Å². The molecule has 2 unspecified atom stereocenters. The zero-order chi connectivity index (χ0) is 22.1. The van der Waals surface area contributed by atoms with Gasteiger partial charge in [-0.25, -0.2) is 0 Å². The van der Waals surface area contributed by atoms with Crippen molar-refractivity contribution in [3.8, 4) is 0 Å². The third kappa shape index (κ3) is 3.50. The molecule has 3 heterocycles. The quantitative estimate of drug-likeness (QED) is 0.318. The third-order valence-electron chi connectivity index (χ3n) is 6.62. The van der Waals surface area contributed by atoms with Crippen LogP contribution in [0.5, 0.6) is 0 Å². The summed E-state index contributed by atoms with van der Waals surface area (Å²) in [7, 11) is 6.47. The van der Waals surface area contributed by atoms with Gasteiger partial charge in [0.2, 0.25) is 0 Å². The topological polar surface area (TPSA) is 14.8 Å². The van der Waals surface area contributed by atoms with E-state index in [2.05, 4.69) is 144 Å². The van der Waals surface area contributed by atoms with Crippen LogP contribution >= 0.6 is 0 Å². The first-order valence-electron chi connectivity index (χ1n) is 11.1. The summed E-state index contributed by atoms with van der Waals surface area (Å²) in [6.45, 7) is 0. The summed E-state index contributed by atoms with van der Waals surface area (Å²) in [6, 6.07) is 35.0. The highest BCUT2D eigenvalue weighted by Gasteiger charge is 2.27. The standard InChI is InChI=1S/C29H29N3/c1-30-20-10-16-24(30)28(22-12-6-4-7-13-22)26-18-19-27(32(26)3)29(23-14-8-5-9-15-23)25-17-11-21-31(25)2/h4-21,28-29H,1-3H3. The molecule has 2 atom stereocenters. The van der Waals surface area contributed by atoms with E-state index >= 15 is 0 Å². The maximum atomic E-state index is 2.40. The molecule has 0 aliphatic carbocycles. The van der Waals surface area contributed by atoms with Gasteiger partial charge in [-0.05, 0) is 47.5 Å². The molecule has 3 aromatic heterocycles. The number of benzene rings is 2. The number of nitrogens with zero attached hydrogens (tertiary/aromatic N) is 3. The Bertz CT molecular complexity index is 1200. The van der Waals surface area contributed by atoms with Crippen molar-refractivity contribution in [1.29, 1.82) is 0 Å². The molecule has 32 heavy (non-hydrogen) atoms. The van der Waals surface area contributed by atoms with E-state index in [0.717, 1.165) is 0 Å². The molecule has 0 N–H and O–H groups in total. The lowest BCUT2D eigenvalue weighted by Gasteiger charge is -2.24. The highest BCUT2D eigenvalue weighted by molar-refractivity contribution is 5.44. The Morgan fingerprint density at radius 2 is 0.844 bits per heavy atom. The van der Waals surface area contributed by atoms with Crippen molar-refractivity contribution in [1.82, 2.24) is 13.7 Å². The summed E-state index contributed by atoms with van der Waals surface area (Å²) in [6.07, 6.45) is 4.26. The van der Waals surface area contributed by atoms with E-state index in [0.29, 0.717) is 0 Å². The van der Waals surface area contributed by atoms with Gasteiger partial charge in [-0.2, -0.15) is 0 Å². The van der Waals surface area contributed by atoms with Gasteiger partial charge in [0, 0.05) is 56.3 Å². The van der Waals surface area contributed by atoms with Crippen LogP contribution in [0.3, 0.4) is 0 Å². The van der Waals surface area contributed by atoms with E-state index in [1.807, 2.05) is 0 Å². The predicted octanol–water partition coefficient (Wildman–Crippen LogP) is 6.06. The van der Waals surface area contributed by atoms with Crippen LogP contribution in [-0.4, -0.2) is 13.7 Å². The number of hydrogen-bond donors (Lipinski definition) is 0. The normalized spacial score (nSPS) is 13.2. The predicted molar refractivity (Wildman–Crippen MR) is 131 cm³/mol. The number of aromatic nitrogens is 3. The minimum absolute atomic E-state index is 0.166. The molecular weight excluding hydrogens is 390 g/mol. The Morgan fingerprint density at radius 1 is 0.438 bits per heavy atom. The monoisotopic (exact) mass is 419 g/mol. The molecule has 3 heteroatoms. The number of hydrogen-bond acceptors (Lipinski definition) is 0. The molecular formula is C29H29N3. The van der Waals surface area contributed by atoms with Gasteiger partial charge in [-0.3, -0.25) is 0 Å². The van der Waals surface area contributed by atoms with Crippen LogP contribution in [0.2, 0.25) is 0 Å². The maximum absolute atomic E-state index is 2.40. The molecule has 0 bridgehead atoms. The average Bonchev–Trinajstić information content (AvgIpc) is 3.53. The molecule has 0 fully saturated rings. The van der Waals surface area contributed by atoms with Crippen molar-refractivity contribution < 1.29 is 0 Å². The molecule has 5 aromatic rings. The molecule has 0 saturated heterocycles. The van der Waals surface area contributed by atoms with Crippen molar-refractivity contribution in [3.63, 3.8) is 0 Å². The van der Waals surface area contributed by atoms with Crippen molar-refractivity contribution >= 4 is 0 Å². The zero-order valence-electron chi connectivity index (χ0n) is 18.9. The second-order valence-corrected chi connectivity index (χ2v) is 8.52. The van der Waals surface area contributed by atoms with E-state index in [9.17, 15) is 0 Å². The average molecular weight is 420 g/mol. The van der Waals surface area contributed by atoms with E-state index in [4.69, 9.17) is 0 Å². The summed E-state index contributed by atoms with van der Waals surface area (Å²) < 4.78 is 6.86. The summed E-state index contributed by atoms with van der Waals surface area (Å²) >= 11 is 0. The van der Waals surface area contributed by atoms with Gasteiger partial charge in [0.1, 0.15) is 0 Å². The van der Waals surface area contributed by atoms with E-state index in [1.165, 1.54) is 33.9 Å². The molecule has 0 radical (unpaired) electrons. The first-order valence-corrected chi connectivity index (χ1v) is 11.1. The van der Waals surface area contributed by atoms with Crippen LogP contribution in [0.4, 0.5) is 0 Å². The van der Waals surface area contributed by atoms with Gasteiger partial charge in [0.25, 0.3) is 0 Å². The van der Waals surface area contributed by atoms with Gasteiger partial charge >= 0.3 is 0 Å². The Morgan fingerprint density at radius 3 is 1.19 bits per heavy atom. The van der Waals surface area contributed by atoms with Crippen LogP contribution in [0.15, 0.2) is 109 Å². The lowest BCUT2D eigenvalue weighted by atomic mass is 9.92. The van der Waals surface area contributed by atoms with Gasteiger partial charge in [-0.15, -0.1) is 0 Å². The first-order chi connectivity index (χ1) is 15.6. The minimum atomic E-state index is 0.166. The van der Waals surface area contributed by atoms with Crippen LogP contribution in [0, 0.1) is 0 Å². The molecule has 0 amide bonds. The smallest absolute Gasteiger partial charge is 0.0645 e. The molecule has 0 aliphatic heterocycles. The van der Waals surface area contributed by atoms with E-state index in [-0.39, 0.29) is 11.8 Å². The first kappa shape index (κ1) is 20.2.